The van der Waals surface area contributed by atoms with Gasteiger partial charge in [0.05, 0.1) is 10.0 Å². The van der Waals surface area contributed by atoms with Crippen LogP contribution in [0.4, 0.5) is 4.39 Å². The zero-order valence-corrected chi connectivity index (χ0v) is 11.5. The first-order valence-corrected chi connectivity index (χ1v) is 6.49. The predicted octanol–water partition coefficient (Wildman–Crippen LogP) is 5.11. The predicted molar refractivity (Wildman–Crippen MR) is 76.1 cm³/mol. The summed E-state index contributed by atoms with van der Waals surface area (Å²) >= 11 is 11.9. The summed E-state index contributed by atoms with van der Waals surface area (Å²) < 4.78 is 18.5. The largest absolute Gasteiger partial charge is 0.453 e. The molecule has 3 aromatic rings. The average molecular weight is 309 g/mol. The molecule has 0 aliphatic rings. The monoisotopic (exact) mass is 308 g/mol. The van der Waals surface area contributed by atoms with Crippen molar-refractivity contribution in [1.29, 1.82) is 0 Å². The highest BCUT2D eigenvalue weighted by molar-refractivity contribution is 6.36. The number of ketones is 1. The van der Waals surface area contributed by atoms with Crippen molar-refractivity contribution in [2.24, 2.45) is 0 Å². The molecule has 0 fully saturated rings. The lowest BCUT2D eigenvalue weighted by Gasteiger charge is -2.00. The Labute approximate surface area is 123 Å². The zero-order valence-electron chi connectivity index (χ0n) is 9.99. The Kier molecular flexibility index (Phi) is 3.24. The number of rotatable bonds is 2. The number of hydrogen-bond donors (Lipinski definition) is 0. The van der Waals surface area contributed by atoms with Gasteiger partial charge in [0.25, 0.3) is 0 Å². The Bertz CT molecular complexity index is 824. The minimum absolute atomic E-state index is 0.0431. The maximum absolute atomic E-state index is 13.0. The molecule has 0 unspecified atom stereocenters. The van der Waals surface area contributed by atoms with Gasteiger partial charge in [-0.15, -0.1) is 0 Å². The van der Waals surface area contributed by atoms with E-state index in [0.717, 1.165) is 6.07 Å². The van der Waals surface area contributed by atoms with Crippen LogP contribution in [0.5, 0.6) is 0 Å². The summed E-state index contributed by atoms with van der Waals surface area (Å²) in [4.78, 5) is 12.3. The van der Waals surface area contributed by atoms with Crippen LogP contribution in [0.3, 0.4) is 0 Å². The SMILES string of the molecule is O=C(c1cc2c(Cl)cccc2o1)c1ccc(F)cc1Cl. The summed E-state index contributed by atoms with van der Waals surface area (Å²) in [6.07, 6.45) is 0. The van der Waals surface area contributed by atoms with Gasteiger partial charge < -0.3 is 4.42 Å². The van der Waals surface area contributed by atoms with Crippen molar-refractivity contribution in [2.45, 2.75) is 0 Å². The highest BCUT2D eigenvalue weighted by Crippen LogP contribution is 2.29. The molecule has 1 aromatic heterocycles. The molecule has 0 aliphatic heterocycles. The van der Waals surface area contributed by atoms with Crippen LogP contribution in [-0.2, 0) is 0 Å². The molecule has 0 atom stereocenters. The molecule has 0 N–H and O–H groups in total. The van der Waals surface area contributed by atoms with Crippen molar-refractivity contribution >= 4 is 40.0 Å². The smallest absolute Gasteiger partial charge is 0.229 e. The number of carbonyl (C=O) groups excluding carboxylic acids is 1. The molecule has 5 heteroatoms. The van der Waals surface area contributed by atoms with Crippen LogP contribution in [0.2, 0.25) is 10.0 Å². The Balaban J connectivity index is 2.10. The average Bonchev–Trinajstić information content (AvgIpc) is 2.83. The van der Waals surface area contributed by atoms with Crippen LogP contribution in [0.1, 0.15) is 16.1 Å². The molecule has 0 saturated heterocycles. The third kappa shape index (κ3) is 2.19. The van der Waals surface area contributed by atoms with Gasteiger partial charge in [0.1, 0.15) is 11.4 Å². The number of fused-ring (bicyclic) bond motifs is 1. The summed E-state index contributed by atoms with van der Waals surface area (Å²) in [6, 6.07) is 10.3. The van der Waals surface area contributed by atoms with Crippen LogP contribution in [0.15, 0.2) is 46.9 Å². The topological polar surface area (TPSA) is 30.2 Å². The maximum Gasteiger partial charge on any atom is 0.229 e. The van der Waals surface area contributed by atoms with Crippen molar-refractivity contribution < 1.29 is 13.6 Å². The van der Waals surface area contributed by atoms with E-state index >= 15 is 0 Å². The number of halogens is 3. The molecule has 1 heterocycles. The van der Waals surface area contributed by atoms with Crippen LogP contribution in [0.25, 0.3) is 11.0 Å². The number of furan rings is 1. The van der Waals surface area contributed by atoms with E-state index in [-0.39, 0.29) is 16.3 Å². The summed E-state index contributed by atoms with van der Waals surface area (Å²) in [5, 5.41) is 1.19. The molecular formula is C15H7Cl2FO2. The molecule has 0 radical (unpaired) electrons. The van der Waals surface area contributed by atoms with Gasteiger partial charge in [-0.2, -0.15) is 0 Å². The second-order valence-electron chi connectivity index (χ2n) is 4.22. The molecule has 0 bridgehead atoms. The molecule has 0 spiro atoms. The normalized spacial score (nSPS) is 10.9. The lowest BCUT2D eigenvalue weighted by Crippen LogP contribution is -2.00. The zero-order chi connectivity index (χ0) is 14.3. The molecule has 20 heavy (non-hydrogen) atoms. The van der Waals surface area contributed by atoms with Gasteiger partial charge in [0.15, 0.2) is 5.76 Å². The Morgan fingerprint density at radius 2 is 1.85 bits per heavy atom. The van der Waals surface area contributed by atoms with Crippen molar-refractivity contribution in [1.82, 2.24) is 0 Å². The summed E-state index contributed by atoms with van der Waals surface area (Å²) in [5.41, 5.74) is 0.697. The quantitative estimate of drug-likeness (QED) is 0.616. The van der Waals surface area contributed by atoms with E-state index in [1.165, 1.54) is 12.1 Å². The minimum atomic E-state index is -0.501. The van der Waals surface area contributed by atoms with E-state index < -0.39 is 11.6 Å². The van der Waals surface area contributed by atoms with E-state index in [1.54, 1.807) is 24.3 Å². The standard InChI is InChI=1S/C15H7Cl2FO2/c16-11-2-1-3-13-10(11)7-14(20-13)15(19)9-5-4-8(18)6-12(9)17/h1-7H. The molecule has 2 aromatic carbocycles. The molecule has 0 amide bonds. The van der Waals surface area contributed by atoms with Gasteiger partial charge in [0.2, 0.25) is 5.78 Å². The minimum Gasteiger partial charge on any atom is -0.453 e. The molecule has 100 valence electrons. The lowest BCUT2D eigenvalue weighted by atomic mass is 10.1. The van der Waals surface area contributed by atoms with Crippen molar-refractivity contribution in [2.75, 3.05) is 0 Å². The molecule has 0 saturated carbocycles. The summed E-state index contributed by atoms with van der Waals surface area (Å²) in [7, 11) is 0. The first kappa shape index (κ1) is 13.2. The lowest BCUT2D eigenvalue weighted by molar-refractivity contribution is 0.101. The van der Waals surface area contributed by atoms with Crippen molar-refractivity contribution in [3.8, 4) is 0 Å². The van der Waals surface area contributed by atoms with E-state index in [2.05, 4.69) is 0 Å². The van der Waals surface area contributed by atoms with Gasteiger partial charge in [-0.3, -0.25) is 4.79 Å². The first-order valence-electron chi connectivity index (χ1n) is 5.74. The highest BCUT2D eigenvalue weighted by atomic mass is 35.5. The molecular weight excluding hydrogens is 302 g/mol. The van der Waals surface area contributed by atoms with Gasteiger partial charge in [-0.1, -0.05) is 29.3 Å². The number of hydrogen-bond acceptors (Lipinski definition) is 2. The van der Waals surface area contributed by atoms with Crippen LogP contribution < -0.4 is 0 Å². The van der Waals surface area contributed by atoms with Crippen LogP contribution in [-0.4, -0.2) is 5.78 Å². The summed E-state index contributed by atoms with van der Waals surface area (Å²) in [6.45, 7) is 0. The molecule has 0 aliphatic carbocycles. The second kappa shape index (κ2) is 4.93. The molecule has 2 nitrogen and oxygen atoms in total. The fourth-order valence-electron chi connectivity index (χ4n) is 1.94. The number of benzene rings is 2. The Morgan fingerprint density at radius 3 is 2.55 bits per heavy atom. The van der Waals surface area contributed by atoms with Crippen LogP contribution >= 0.6 is 23.2 Å². The summed E-state index contributed by atoms with van der Waals surface area (Å²) in [5.74, 6) is -0.803. The second-order valence-corrected chi connectivity index (χ2v) is 5.03. The Hall–Kier alpha value is -1.84. The molecule has 3 rings (SSSR count). The highest BCUT2D eigenvalue weighted by Gasteiger charge is 2.18. The van der Waals surface area contributed by atoms with Gasteiger partial charge in [-0.25, -0.2) is 4.39 Å². The van der Waals surface area contributed by atoms with Gasteiger partial charge in [-0.05, 0) is 36.4 Å². The number of carbonyl (C=O) groups is 1. The van der Waals surface area contributed by atoms with Crippen LogP contribution in [0, 0.1) is 5.82 Å². The fraction of sp³-hybridized carbons (Fsp3) is 0. The third-order valence-corrected chi connectivity index (χ3v) is 3.55. The van der Waals surface area contributed by atoms with E-state index in [0.29, 0.717) is 16.0 Å². The first-order chi connectivity index (χ1) is 9.56. The maximum atomic E-state index is 13.0. The Morgan fingerprint density at radius 1 is 1.05 bits per heavy atom. The van der Waals surface area contributed by atoms with Crippen molar-refractivity contribution in [3.05, 3.63) is 69.7 Å². The van der Waals surface area contributed by atoms with Crippen molar-refractivity contribution in [3.63, 3.8) is 0 Å². The van der Waals surface area contributed by atoms with Gasteiger partial charge >= 0.3 is 0 Å². The van der Waals surface area contributed by atoms with E-state index in [4.69, 9.17) is 27.6 Å². The third-order valence-electron chi connectivity index (χ3n) is 2.91. The van der Waals surface area contributed by atoms with Gasteiger partial charge in [0, 0.05) is 10.9 Å². The fourth-order valence-corrected chi connectivity index (χ4v) is 2.42. The van der Waals surface area contributed by atoms with E-state index in [9.17, 15) is 9.18 Å². The van der Waals surface area contributed by atoms with E-state index in [1.807, 2.05) is 0 Å².